The van der Waals surface area contributed by atoms with Crippen LogP contribution in [0.5, 0.6) is 0 Å². The Balaban J connectivity index is 1.88. The predicted molar refractivity (Wildman–Crippen MR) is 80.3 cm³/mol. The molecular formula is C14H26N2O4S. The van der Waals surface area contributed by atoms with Crippen molar-refractivity contribution in [2.75, 3.05) is 19.6 Å². The lowest BCUT2D eigenvalue weighted by molar-refractivity contribution is -0.145. The number of likely N-dealkylation sites (tertiary alicyclic amines) is 1. The molecule has 0 saturated carbocycles. The third-order valence-electron chi connectivity index (χ3n) is 4.33. The Morgan fingerprint density at radius 3 is 2.71 bits per heavy atom. The first-order valence-electron chi connectivity index (χ1n) is 7.72. The first-order chi connectivity index (χ1) is 9.79. The Morgan fingerprint density at radius 2 is 2.14 bits per heavy atom. The van der Waals surface area contributed by atoms with E-state index < -0.39 is 15.3 Å². The highest BCUT2D eigenvalue weighted by Crippen LogP contribution is 2.25. The van der Waals surface area contributed by atoms with Gasteiger partial charge in [-0.2, -0.15) is 0 Å². The van der Waals surface area contributed by atoms with Crippen molar-refractivity contribution in [3.05, 3.63) is 0 Å². The summed E-state index contributed by atoms with van der Waals surface area (Å²) in [4.78, 5) is 14.0. The van der Waals surface area contributed by atoms with E-state index in [0.29, 0.717) is 6.54 Å². The first kappa shape index (κ1) is 16.7. The van der Waals surface area contributed by atoms with Crippen LogP contribution < -0.4 is 4.72 Å². The second kappa shape index (κ2) is 6.62. The van der Waals surface area contributed by atoms with Crippen molar-refractivity contribution < 1.29 is 17.9 Å². The number of rotatable bonds is 5. The Morgan fingerprint density at radius 1 is 1.43 bits per heavy atom. The highest BCUT2D eigenvalue weighted by molar-refractivity contribution is 7.90. The van der Waals surface area contributed by atoms with Gasteiger partial charge in [0, 0.05) is 19.5 Å². The van der Waals surface area contributed by atoms with Crippen molar-refractivity contribution in [3.8, 4) is 0 Å². The minimum Gasteiger partial charge on any atom is -0.461 e. The Labute approximate surface area is 127 Å². The highest BCUT2D eigenvalue weighted by Gasteiger charge is 2.38. The fraction of sp³-hybridized carbons (Fsp3) is 0.929. The van der Waals surface area contributed by atoms with Crippen LogP contribution in [0.2, 0.25) is 0 Å². The maximum Gasteiger partial charge on any atom is 0.323 e. The summed E-state index contributed by atoms with van der Waals surface area (Å²) in [6.07, 6.45) is 2.71. The molecule has 6 nitrogen and oxygen atoms in total. The molecule has 122 valence electrons. The third kappa shape index (κ3) is 4.17. The lowest BCUT2D eigenvalue weighted by Gasteiger charge is -2.35. The van der Waals surface area contributed by atoms with Gasteiger partial charge in [0.2, 0.25) is 10.0 Å². The summed E-state index contributed by atoms with van der Waals surface area (Å²) in [5.41, 5.74) is 0. The van der Waals surface area contributed by atoms with Crippen molar-refractivity contribution in [3.63, 3.8) is 0 Å². The highest BCUT2D eigenvalue weighted by atomic mass is 32.2. The average Bonchev–Trinajstić information content (AvgIpc) is 2.76. The number of carbonyl (C=O) groups excluding carboxylic acids is 1. The van der Waals surface area contributed by atoms with Gasteiger partial charge in [0.15, 0.2) is 0 Å². The summed E-state index contributed by atoms with van der Waals surface area (Å²) in [6.45, 7) is 7.36. The maximum absolute atomic E-state index is 11.8. The average molecular weight is 318 g/mol. The number of hydrogen-bond acceptors (Lipinski definition) is 5. The van der Waals surface area contributed by atoms with Gasteiger partial charge in [-0.1, -0.05) is 0 Å². The molecular weight excluding hydrogens is 292 g/mol. The Kier molecular flexibility index (Phi) is 5.27. The van der Waals surface area contributed by atoms with E-state index in [0.717, 1.165) is 32.4 Å². The van der Waals surface area contributed by atoms with Crippen LogP contribution in [0, 0.1) is 5.92 Å². The molecule has 21 heavy (non-hydrogen) atoms. The maximum atomic E-state index is 11.8. The van der Waals surface area contributed by atoms with Crippen LogP contribution in [-0.2, 0) is 19.6 Å². The normalized spacial score (nSPS) is 31.6. The Hall–Kier alpha value is -0.660. The summed E-state index contributed by atoms with van der Waals surface area (Å²) in [7, 11) is -3.21. The zero-order valence-electron chi connectivity index (χ0n) is 13.0. The van der Waals surface area contributed by atoms with E-state index in [2.05, 4.69) is 9.62 Å². The molecule has 0 aromatic carbocycles. The molecule has 0 amide bonds. The minimum atomic E-state index is -3.21. The zero-order valence-corrected chi connectivity index (χ0v) is 13.9. The van der Waals surface area contributed by atoms with Crippen molar-refractivity contribution in [2.24, 2.45) is 5.92 Å². The number of ether oxygens (including phenoxy) is 1. The smallest absolute Gasteiger partial charge is 0.323 e. The van der Waals surface area contributed by atoms with E-state index in [1.807, 2.05) is 6.92 Å². The Bertz CT molecular complexity index is 477. The molecule has 2 fully saturated rings. The molecule has 0 radical (unpaired) electrons. The monoisotopic (exact) mass is 318 g/mol. The van der Waals surface area contributed by atoms with Crippen LogP contribution in [0.15, 0.2) is 0 Å². The second-order valence-electron chi connectivity index (χ2n) is 6.44. The molecule has 2 aliphatic rings. The van der Waals surface area contributed by atoms with Gasteiger partial charge in [-0.3, -0.25) is 9.69 Å². The van der Waals surface area contributed by atoms with Gasteiger partial charge in [-0.05, 0) is 46.1 Å². The van der Waals surface area contributed by atoms with Crippen LogP contribution in [0.1, 0.15) is 40.0 Å². The number of sulfonamides is 1. The van der Waals surface area contributed by atoms with Crippen LogP contribution in [0.25, 0.3) is 0 Å². The summed E-state index contributed by atoms with van der Waals surface area (Å²) in [5.74, 6) is 0.127. The third-order valence-corrected chi connectivity index (χ3v) is 6.14. The van der Waals surface area contributed by atoms with Crippen LogP contribution >= 0.6 is 0 Å². The minimum absolute atomic E-state index is 0.0117. The molecule has 2 saturated heterocycles. The molecule has 1 N–H and O–H groups in total. The van der Waals surface area contributed by atoms with Gasteiger partial charge in [0.05, 0.1) is 5.25 Å². The van der Waals surface area contributed by atoms with Gasteiger partial charge in [-0.25, -0.2) is 13.1 Å². The number of esters is 1. The molecule has 2 rings (SSSR count). The standard InChI is InChI=1S/C14H26N2O4S/c1-10(2)21(18,19)15-8-12-5-4-6-16(9-12)13-7-11(3)20-14(13)17/h10-13,15H,4-9H2,1-3H3. The number of nitrogens with one attached hydrogen (secondary N) is 1. The molecule has 0 aromatic heterocycles. The van der Waals surface area contributed by atoms with Crippen molar-refractivity contribution in [1.29, 1.82) is 0 Å². The fourth-order valence-electron chi connectivity index (χ4n) is 2.98. The lowest BCUT2D eigenvalue weighted by atomic mass is 9.96. The van der Waals surface area contributed by atoms with Crippen molar-refractivity contribution >= 4 is 16.0 Å². The van der Waals surface area contributed by atoms with Gasteiger partial charge in [0.25, 0.3) is 0 Å². The van der Waals surface area contributed by atoms with E-state index in [1.54, 1.807) is 13.8 Å². The van der Waals surface area contributed by atoms with E-state index in [-0.39, 0.29) is 24.0 Å². The zero-order chi connectivity index (χ0) is 15.6. The summed E-state index contributed by atoms with van der Waals surface area (Å²) in [6, 6.07) is -0.149. The molecule has 0 aliphatic carbocycles. The van der Waals surface area contributed by atoms with Gasteiger partial charge < -0.3 is 4.74 Å². The molecule has 0 spiro atoms. The molecule has 0 bridgehead atoms. The molecule has 0 aromatic rings. The van der Waals surface area contributed by atoms with Crippen molar-refractivity contribution in [2.45, 2.75) is 57.4 Å². The number of carbonyl (C=O) groups is 1. The number of hydrogen-bond donors (Lipinski definition) is 1. The SMILES string of the molecule is CC1CC(N2CCCC(CNS(=O)(=O)C(C)C)C2)C(=O)O1. The molecule has 2 heterocycles. The molecule has 7 heteroatoms. The molecule has 3 atom stereocenters. The predicted octanol–water partition coefficient (Wildman–Crippen LogP) is 0.730. The fourth-order valence-corrected chi connectivity index (χ4v) is 3.78. The summed E-state index contributed by atoms with van der Waals surface area (Å²) in [5, 5.41) is -0.414. The molecule has 2 aliphatic heterocycles. The quantitative estimate of drug-likeness (QED) is 0.756. The van der Waals surface area contributed by atoms with Gasteiger partial charge >= 0.3 is 5.97 Å². The molecule has 3 unspecified atom stereocenters. The van der Waals surface area contributed by atoms with Gasteiger partial charge in [0.1, 0.15) is 12.1 Å². The summed E-state index contributed by atoms with van der Waals surface area (Å²) < 4.78 is 31.5. The van der Waals surface area contributed by atoms with E-state index >= 15 is 0 Å². The number of cyclic esters (lactones) is 1. The largest absolute Gasteiger partial charge is 0.461 e. The summed E-state index contributed by atoms with van der Waals surface area (Å²) >= 11 is 0. The van der Waals surface area contributed by atoms with E-state index in [4.69, 9.17) is 4.74 Å². The van der Waals surface area contributed by atoms with E-state index in [9.17, 15) is 13.2 Å². The number of piperidine rings is 1. The lowest BCUT2D eigenvalue weighted by Crippen LogP contribution is -2.47. The topological polar surface area (TPSA) is 75.7 Å². The van der Waals surface area contributed by atoms with Crippen LogP contribution in [0.4, 0.5) is 0 Å². The van der Waals surface area contributed by atoms with Gasteiger partial charge in [-0.15, -0.1) is 0 Å². The van der Waals surface area contributed by atoms with Crippen LogP contribution in [0.3, 0.4) is 0 Å². The van der Waals surface area contributed by atoms with Crippen LogP contribution in [-0.4, -0.2) is 56.3 Å². The van der Waals surface area contributed by atoms with E-state index in [1.165, 1.54) is 0 Å². The second-order valence-corrected chi connectivity index (χ2v) is 8.77. The van der Waals surface area contributed by atoms with Crippen molar-refractivity contribution in [1.82, 2.24) is 9.62 Å². The first-order valence-corrected chi connectivity index (χ1v) is 9.27. The number of nitrogens with zero attached hydrogens (tertiary/aromatic N) is 1.